The van der Waals surface area contributed by atoms with Gasteiger partial charge in [-0.3, -0.25) is 0 Å². The summed E-state index contributed by atoms with van der Waals surface area (Å²) in [5, 5.41) is 1.18. The molecule has 0 aliphatic carbocycles. The van der Waals surface area contributed by atoms with Gasteiger partial charge in [0.25, 0.3) is 12.2 Å². The number of rotatable bonds is 8. The van der Waals surface area contributed by atoms with Crippen molar-refractivity contribution in [2.45, 2.75) is 23.0 Å². The summed E-state index contributed by atoms with van der Waals surface area (Å²) in [7, 11) is 0. The van der Waals surface area contributed by atoms with Gasteiger partial charge in [0.15, 0.2) is 5.16 Å². The van der Waals surface area contributed by atoms with Gasteiger partial charge in [0.05, 0.1) is 0 Å². The average Bonchev–Trinajstić information content (AvgIpc) is 2.40. The van der Waals surface area contributed by atoms with Crippen molar-refractivity contribution in [2.24, 2.45) is 0 Å². The fourth-order valence-electron chi connectivity index (χ4n) is 1.12. The summed E-state index contributed by atoms with van der Waals surface area (Å²) < 4.78 is 47.3. The topological polar surface area (TPSA) is 25.8 Å². The van der Waals surface area contributed by atoms with Gasteiger partial charge in [-0.05, 0) is 31.1 Å². The Labute approximate surface area is 122 Å². The van der Waals surface area contributed by atoms with Gasteiger partial charge in [-0.15, -0.1) is 11.8 Å². The molecule has 0 spiro atoms. The Kier molecular flexibility index (Phi) is 8.36. The molecule has 0 amide bonds. The Hall–Kier alpha value is -1.02. The van der Waals surface area contributed by atoms with E-state index in [1.807, 2.05) is 0 Å². The molecule has 0 atom stereocenters. The van der Waals surface area contributed by atoms with Crippen molar-refractivity contribution in [1.29, 1.82) is 0 Å². The zero-order valence-electron chi connectivity index (χ0n) is 10.4. The molecule has 0 fully saturated rings. The van der Waals surface area contributed by atoms with E-state index in [1.54, 1.807) is 12.3 Å². The standard InChI is InChI=1S/C12H12F4N2S2/c13-9(14)3-1-7-19-11-5-6-17-12(18-11)20-8-2-4-10(15)16/h3-6H,1-2,7-8H2. The second kappa shape index (κ2) is 9.82. The Morgan fingerprint density at radius 1 is 1.00 bits per heavy atom. The minimum atomic E-state index is -1.69. The fraction of sp³-hybridized carbons (Fsp3) is 0.333. The Bertz CT molecular complexity index is 433. The van der Waals surface area contributed by atoms with E-state index >= 15 is 0 Å². The number of allylic oxidation sites excluding steroid dienone is 2. The molecule has 0 saturated carbocycles. The van der Waals surface area contributed by atoms with Crippen molar-refractivity contribution in [3.05, 3.63) is 36.6 Å². The molecule has 0 saturated heterocycles. The highest BCUT2D eigenvalue weighted by molar-refractivity contribution is 7.99. The van der Waals surface area contributed by atoms with Crippen molar-refractivity contribution < 1.29 is 17.6 Å². The smallest absolute Gasteiger partial charge is 0.231 e. The number of nitrogens with zero attached hydrogens (tertiary/aromatic N) is 2. The maximum Gasteiger partial charge on any atom is 0.266 e. The van der Waals surface area contributed by atoms with Gasteiger partial charge in [-0.1, -0.05) is 11.8 Å². The van der Waals surface area contributed by atoms with Gasteiger partial charge in [-0.25, -0.2) is 9.97 Å². The quantitative estimate of drug-likeness (QED) is 0.221. The predicted octanol–water partition coefficient (Wildman–Crippen LogP) is 5.00. The molecule has 110 valence electrons. The second-order valence-electron chi connectivity index (χ2n) is 3.44. The summed E-state index contributed by atoms with van der Waals surface area (Å²) in [5.41, 5.74) is 0. The molecule has 2 nitrogen and oxygen atoms in total. The summed E-state index contributed by atoms with van der Waals surface area (Å²) in [6.45, 7) is 0. The molecular weight excluding hydrogens is 312 g/mol. The van der Waals surface area contributed by atoms with Crippen LogP contribution in [-0.4, -0.2) is 21.5 Å². The van der Waals surface area contributed by atoms with Gasteiger partial charge in [0, 0.05) is 17.7 Å². The van der Waals surface area contributed by atoms with Crippen LogP contribution in [0.2, 0.25) is 0 Å². The lowest BCUT2D eigenvalue weighted by atomic mass is 10.5. The number of thioether (sulfide) groups is 2. The molecule has 0 N–H and O–H groups in total. The van der Waals surface area contributed by atoms with Gasteiger partial charge in [-0.2, -0.15) is 17.6 Å². The lowest BCUT2D eigenvalue weighted by Crippen LogP contribution is -1.90. The lowest BCUT2D eigenvalue weighted by Gasteiger charge is -2.01. The average molecular weight is 324 g/mol. The SMILES string of the molecule is FC(F)=CCCSc1ccnc(SCCC=C(F)F)n1. The normalized spacial score (nSPS) is 10.2. The summed E-state index contributed by atoms with van der Waals surface area (Å²) in [4.78, 5) is 8.22. The predicted molar refractivity (Wildman–Crippen MR) is 73.3 cm³/mol. The Balaban J connectivity index is 2.37. The van der Waals surface area contributed by atoms with Crippen LogP contribution in [-0.2, 0) is 0 Å². The van der Waals surface area contributed by atoms with Gasteiger partial charge < -0.3 is 0 Å². The first kappa shape index (κ1) is 17.0. The molecular formula is C12H12F4N2S2. The summed E-state index contributed by atoms with van der Waals surface area (Å²) in [5.74, 6) is 0.954. The minimum Gasteiger partial charge on any atom is -0.231 e. The minimum absolute atomic E-state index is 0.244. The molecule has 0 aromatic carbocycles. The summed E-state index contributed by atoms with van der Waals surface area (Å²) in [6, 6.07) is 1.69. The van der Waals surface area contributed by atoms with E-state index in [-0.39, 0.29) is 12.8 Å². The third kappa shape index (κ3) is 8.21. The first-order valence-electron chi connectivity index (χ1n) is 5.69. The van der Waals surface area contributed by atoms with Crippen molar-refractivity contribution in [1.82, 2.24) is 9.97 Å². The van der Waals surface area contributed by atoms with Gasteiger partial charge >= 0.3 is 0 Å². The Morgan fingerprint density at radius 2 is 1.60 bits per heavy atom. The van der Waals surface area contributed by atoms with Crippen LogP contribution in [0.25, 0.3) is 0 Å². The molecule has 0 aliphatic heterocycles. The van der Waals surface area contributed by atoms with Crippen LogP contribution in [0.1, 0.15) is 12.8 Å². The van der Waals surface area contributed by atoms with Gasteiger partial charge in [0.1, 0.15) is 5.03 Å². The molecule has 1 rings (SSSR count). The molecule has 8 heteroatoms. The third-order valence-corrected chi connectivity index (χ3v) is 3.78. The monoisotopic (exact) mass is 324 g/mol. The van der Waals surface area contributed by atoms with Gasteiger partial charge in [0.2, 0.25) is 0 Å². The number of hydrogen-bond donors (Lipinski definition) is 0. The zero-order valence-corrected chi connectivity index (χ0v) is 12.0. The first-order valence-corrected chi connectivity index (χ1v) is 7.66. The first-order chi connectivity index (χ1) is 9.58. The van der Waals surface area contributed by atoms with E-state index in [0.29, 0.717) is 21.7 Å². The largest absolute Gasteiger partial charge is 0.266 e. The molecule has 1 heterocycles. The van der Waals surface area contributed by atoms with Crippen LogP contribution in [0, 0.1) is 0 Å². The molecule has 0 aliphatic rings. The van der Waals surface area contributed by atoms with Crippen LogP contribution in [0.4, 0.5) is 17.6 Å². The highest BCUT2D eigenvalue weighted by Gasteiger charge is 2.01. The van der Waals surface area contributed by atoms with Crippen molar-refractivity contribution in [2.75, 3.05) is 11.5 Å². The lowest BCUT2D eigenvalue weighted by molar-refractivity contribution is 0.417. The fourth-order valence-corrected chi connectivity index (χ4v) is 2.65. The molecule has 0 radical (unpaired) electrons. The van der Waals surface area contributed by atoms with Crippen molar-refractivity contribution >= 4 is 23.5 Å². The van der Waals surface area contributed by atoms with E-state index in [0.717, 1.165) is 12.2 Å². The summed E-state index contributed by atoms with van der Waals surface area (Å²) >= 11 is 2.62. The van der Waals surface area contributed by atoms with E-state index in [4.69, 9.17) is 0 Å². The van der Waals surface area contributed by atoms with Crippen LogP contribution in [0.15, 0.2) is 46.8 Å². The number of aromatic nitrogens is 2. The van der Waals surface area contributed by atoms with Crippen molar-refractivity contribution in [3.8, 4) is 0 Å². The summed E-state index contributed by atoms with van der Waals surface area (Å²) in [6.07, 6.45) is 0.413. The number of halogens is 4. The molecule has 20 heavy (non-hydrogen) atoms. The Morgan fingerprint density at radius 3 is 2.20 bits per heavy atom. The maximum absolute atomic E-state index is 11.8. The molecule has 1 aromatic rings. The van der Waals surface area contributed by atoms with E-state index < -0.39 is 12.2 Å². The molecule has 0 bridgehead atoms. The highest BCUT2D eigenvalue weighted by atomic mass is 32.2. The van der Waals surface area contributed by atoms with E-state index in [9.17, 15) is 17.6 Å². The van der Waals surface area contributed by atoms with Crippen LogP contribution < -0.4 is 0 Å². The maximum atomic E-state index is 11.8. The van der Waals surface area contributed by atoms with Crippen LogP contribution in [0.5, 0.6) is 0 Å². The number of hydrogen-bond acceptors (Lipinski definition) is 4. The second-order valence-corrected chi connectivity index (χ2v) is 5.62. The highest BCUT2D eigenvalue weighted by Crippen LogP contribution is 2.21. The molecule has 0 unspecified atom stereocenters. The van der Waals surface area contributed by atoms with E-state index in [1.165, 1.54) is 23.5 Å². The van der Waals surface area contributed by atoms with Crippen LogP contribution in [0.3, 0.4) is 0 Å². The molecule has 1 aromatic heterocycles. The van der Waals surface area contributed by atoms with E-state index in [2.05, 4.69) is 9.97 Å². The van der Waals surface area contributed by atoms with Crippen LogP contribution >= 0.6 is 23.5 Å². The van der Waals surface area contributed by atoms with Crippen molar-refractivity contribution in [3.63, 3.8) is 0 Å². The zero-order chi connectivity index (χ0) is 14.8. The third-order valence-electron chi connectivity index (χ3n) is 1.92.